The van der Waals surface area contributed by atoms with E-state index in [2.05, 4.69) is 37.9 Å². The van der Waals surface area contributed by atoms with Crippen LogP contribution in [0.3, 0.4) is 0 Å². The summed E-state index contributed by atoms with van der Waals surface area (Å²) in [5, 5.41) is 0. The molecule has 0 aliphatic carbocycles. The Bertz CT molecular complexity index is 248. The van der Waals surface area contributed by atoms with E-state index in [-0.39, 0.29) is 0 Å². The van der Waals surface area contributed by atoms with Crippen LogP contribution in [0.5, 0.6) is 0 Å². The normalized spacial score (nSPS) is 11.2. The predicted molar refractivity (Wildman–Crippen MR) is 59.5 cm³/mol. The molecule has 0 radical (unpaired) electrons. The molecule has 0 saturated carbocycles. The molecule has 1 aromatic rings. The lowest BCUT2D eigenvalue weighted by molar-refractivity contribution is 1.77. The summed E-state index contributed by atoms with van der Waals surface area (Å²) in [7, 11) is 0. The fourth-order valence-electron chi connectivity index (χ4n) is 0.606. The average molecular weight is 316 g/mol. The summed E-state index contributed by atoms with van der Waals surface area (Å²) in [6.45, 7) is 0. The van der Waals surface area contributed by atoms with Crippen molar-refractivity contribution >= 4 is 60.9 Å². The summed E-state index contributed by atoms with van der Waals surface area (Å²) >= 11 is 14.0. The first-order chi connectivity index (χ1) is 5.24. The Morgan fingerprint density at radius 1 is 1.55 bits per heavy atom. The van der Waals surface area contributed by atoms with Gasteiger partial charge in [0.2, 0.25) is 0 Å². The van der Waals surface area contributed by atoms with E-state index in [9.17, 15) is 0 Å². The fraction of sp³-hybridized carbons (Fsp3) is 0.143. The predicted octanol–water partition coefficient (Wildman–Crippen LogP) is 4.53. The van der Waals surface area contributed by atoms with Gasteiger partial charge in [0.25, 0.3) is 0 Å². The number of allylic oxidation sites excluding steroid dienone is 1. The lowest BCUT2D eigenvalue weighted by Crippen LogP contribution is -1.59. The van der Waals surface area contributed by atoms with Crippen molar-refractivity contribution in [2.24, 2.45) is 0 Å². The van der Waals surface area contributed by atoms with Gasteiger partial charge in [-0.25, -0.2) is 0 Å². The van der Waals surface area contributed by atoms with Gasteiger partial charge >= 0.3 is 0 Å². The van der Waals surface area contributed by atoms with Crippen LogP contribution in [0.2, 0.25) is 0 Å². The van der Waals surface area contributed by atoms with Crippen LogP contribution in [0.1, 0.15) is 4.88 Å². The zero-order chi connectivity index (χ0) is 8.27. The van der Waals surface area contributed by atoms with E-state index < -0.39 is 0 Å². The summed E-state index contributed by atoms with van der Waals surface area (Å²) in [6, 6.07) is 2.05. The molecule has 1 aromatic heterocycles. The smallest absolute Gasteiger partial charge is 0.0846 e. The SMILES string of the molecule is ClC/C=C/c1cc(Br)c(Br)s1. The molecule has 0 fully saturated rings. The first kappa shape index (κ1) is 9.78. The third-order valence-corrected chi connectivity index (χ3v) is 4.44. The van der Waals surface area contributed by atoms with Crippen LogP contribution in [-0.2, 0) is 0 Å². The third kappa shape index (κ3) is 2.90. The van der Waals surface area contributed by atoms with E-state index in [1.807, 2.05) is 12.2 Å². The maximum atomic E-state index is 5.49. The zero-order valence-electron chi connectivity index (χ0n) is 5.48. The van der Waals surface area contributed by atoms with Crippen LogP contribution in [0, 0.1) is 0 Å². The molecular weight excluding hydrogens is 311 g/mol. The number of halogens is 3. The molecule has 0 N–H and O–H groups in total. The Morgan fingerprint density at radius 2 is 2.27 bits per heavy atom. The second kappa shape index (κ2) is 4.65. The Kier molecular flexibility index (Phi) is 4.13. The first-order valence-electron chi connectivity index (χ1n) is 2.91. The van der Waals surface area contributed by atoms with Crippen LogP contribution in [0.15, 0.2) is 20.4 Å². The van der Waals surface area contributed by atoms with Crippen molar-refractivity contribution in [3.05, 3.63) is 25.3 Å². The molecule has 0 aliphatic heterocycles. The van der Waals surface area contributed by atoms with E-state index in [4.69, 9.17) is 11.6 Å². The molecule has 0 amide bonds. The van der Waals surface area contributed by atoms with Crippen molar-refractivity contribution in [1.82, 2.24) is 0 Å². The van der Waals surface area contributed by atoms with Gasteiger partial charge in [0, 0.05) is 15.2 Å². The highest BCUT2D eigenvalue weighted by Crippen LogP contribution is 2.32. The number of thiophene rings is 1. The fourth-order valence-corrected chi connectivity index (χ4v) is 2.72. The number of hydrogen-bond donors (Lipinski definition) is 0. The highest BCUT2D eigenvalue weighted by Gasteiger charge is 1.99. The monoisotopic (exact) mass is 314 g/mol. The lowest BCUT2D eigenvalue weighted by atomic mass is 10.4. The molecule has 0 unspecified atom stereocenters. The second-order valence-electron chi connectivity index (χ2n) is 1.83. The minimum Gasteiger partial charge on any atom is -0.128 e. The van der Waals surface area contributed by atoms with E-state index in [1.54, 1.807) is 11.3 Å². The number of alkyl halides is 1. The highest BCUT2D eigenvalue weighted by atomic mass is 79.9. The molecule has 0 aromatic carbocycles. The Balaban J connectivity index is 2.80. The number of hydrogen-bond acceptors (Lipinski definition) is 1. The first-order valence-corrected chi connectivity index (χ1v) is 5.85. The van der Waals surface area contributed by atoms with Crippen molar-refractivity contribution in [1.29, 1.82) is 0 Å². The zero-order valence-corrected chi connectivity index (χ0v) is 10.2. The summed E-state index contributed by atoms with van der Waals surface area (Å²) in [5.74, 6) is 0.563. The van der Waals surface area contributed by atoms with E-state index in [0.717, 1.165) is 8.26 Å². The molecule has 0 saturated heterocycles. The van der Waals surface area contributed by atoms with Crippen LogP contribution < -0.4 is 0 Å². The number of rotatable bonds is 2. The Hall–Kier alpha value is 0.690. The largest absolute Gasteiger partial charge is 0.128 e. The van der Waals surface area contributed by atoms with Gasteiger partial charge in [-0.1, -0.05) is 6.08 Å². The van der Waals surface area contributed by atoms with Gasteiger partial charge in [-0.15, -0.1) is 22.9 Å². The van der Waals surface area contributed by atoms with E-state index >= 15 is 0 Å². The van der Waals surface area contributed by atoms with Gasteiger partial charge in [-0.2, -0.15) is 0 Å². The van der Waals surface area contributed by atoms with Gasteiger partial charge in [-0.05, 0) is 44.0 Å². The van der Waals surface area contributed by atoms with Crippen molar-refractivity contribution in [2.45, 2.75) is 0 Å². The van der Waals surface area contributed by atoms with Gasteiger partial charge < -0.3 is 0 Å². The van der Waals surface area contributed by atoms with Crippen LogP contribution >= 0.6 is 54.8 Å². The summed E-state index contributed by atoms with van der Waals surface area (Å²) in [6.07, 6.45) is 3.93. The quantitative estimate of drug-likeness (QED) is 0.704. The molecular formula is C7H5Br2ClS. The van der Waals surface area contributed by atoms with Crippen molar-refractivity contribution in [3.8, 4) is 0 Å². The van der Waals surface area contributed by atoms with Crippen LogP contribution in [-0.4, -0.2) is 5.88 Å². The van der Waals surface area contributed by atoms with Crippen molar-refractivity contribution in [3.63, 3.8) is 0 Å². The van der Waals surface area contributed by atoms with Crippen LogP contribution in [0.25, 0.3) is 6.08 Å². The van der Waals surface area contributed by atoms with Crippen molar-refractivity contribution < 1.29 is 0 Å². The maximum absolute atomic E-state index is 5.49. The molecule has 0 aliphatic rings. The minimum absolute atomic E-state index is 0.563. The molecule has 1 heterocycles. The molecule has 0 nitrogen and oxygen atoms in total. The molecule has 60 valence electrons. The Morgan fingerprint density at radius 3 is 2.73 bits per heavy atom. The highest BCUT2D eigenvalue weighted by molar-refractivity contribution is 9.13. The Labute approximate surface area is 91.5 Å². The average Bonchev–Trinajstić information content (AvgIpc) is 2.28. The summed E-state index contributed by atoms with van der Waals surface area (Å²) in [4.78, 5) is 1.20. The second-order valence-corrected chi connectivity index (χ2v) is 5.39. The minimum atomic E-state index is 0.563. The molecule has 0 bridgehead atoms. The van der Waals surface area contributed by atoms with Gasteiger partial charge in [0.05, 0.1) is 3.79 Å². The lowest BCUT2D eigenvalue weighted by Gasteiger charge is -1.78. The summed E-state index contributed by atoms with van der Waals surface area (Å²) < 4.78 is 2.21. The van der Waals surface area contributed by atoms with Gasteiger partial charge in [-0.3, -0.25) is 0 Å². The van der Waals surface area contributed by atoms with E-state index in [1.165, 1.54) is 4.88 Å². The third-order valence-electron chi connectivity index (χ3n) is 1.04. The molecule has 0 spiro atoms. The maximum Gasteiger partial charge on any atom is 0.0846 e. The summed E-state index contributed by atoms with van der Waals surface area (Å²) in [5.41, 5.74) is 0. The van der Waals surface area contributed by atoms with Crippen molar-refractivity contribution in [2.75, 3.05) is 5.88 Å². The van der Waals surface area contributed by atoms with Gasteiger partial charge in [0.15, 0.2) is 0 Å². The molecule has 11 heavy (non-hydrogen) atoms. The van der Waals surface area contributed by atoms with Crippen LogP contribution in [0.4, 0.5) is 0 Å². The molecule has 1 rings (SSSR count). The standard InChI is InChI=1S/C7H5Br2ClS/c8-6-4-5(2-1-3-10)11-7(6)9/h1-2,4H,3H2/b2-1+. The topological polar surface area (TPSA) is 0 Å². The molecule has 4 heteroatoms. The molecule has 0 atom stereocenters. The van der Waals surface area contributed by atoms with E-state index in [0.29, 0.717) is 5.88 Å². The van der Waals surface area contributed by atoms with Gasteiger partial charge in [0.1, 0.15) is 0 Å².